The van der Waals surface area contributed by atoms with Crippen LogP contribution in [0.5, 0.6) is 5.75 Å². The van der Waals surface area contributed by atoms with Gasteiger partial charge in [0, 0.05) is 25.7 Å². The number of ether oxygens (including phenoxy) is 1. The fourth-order valence-electron chi connectivity index (χ4n) is 3.35. The first kappa shape index (κ1) is 22.1. The molecule has 3 amide bonds. The predicted octanol–water partition coefficient (Wildman–Crippen LogP) is 2.69. The zero-order valence-electron chi connectivity index (χ0n) is 17.5. The zero-order valence-corrected chi connectivity index (χ0v) is 17.5. The molecular formula is C23H27N3O5. The van der Waals surface area contributed by atoms with E-state index in [2.05, 4.69) is 10.6 Å². The Morgan fingerprint density at radius 3 is 2.61 bits per heavy atom. The van der Waals surface area contributed by atoms with E-state index in [-0.39, 0.29) is 11.8 Å². The van der Waals surface area contributed by atoms with E-state index in [1.807, 2.05) is 6.92 Å². The molecule has 0 spiro atoms. The van der Waals surface area contributed by atoms with Crippen molar-refractivity contribution in [3.05, 3.63) is 54.5 Å². The molecule has 1 aromatic heterocycles. The molecule has 164 valence electrons. The summed E-state index contributed by atoms with van der Waals surface area (Å²) in [6, 6.07) is 10.5. The van der Waals surface area contributed by atoms with Gasteiger partial charge in [-0.1, -0.05) is 12.1 Å². The first-order valence-electron chi connectivity index (χ1n) is 10.4. The van der Waals surface area contributed by atoms with Gasteiger partial charge in [-0.3, -0.25) is 14.4 Å². The maximum Gasteiger partial charge on any atom is 0.313 e. The van der Waals surface area contributed by atoms with Gasteiger partial charge < -0.3 is 24.7 Å². The fourth-order valence-corrected chi connectivity index (χ4v) is 3.35. The Morgan fingerprint density at radius 1 is 1.13 bits per heavy atom. The number of amides is 3. The molecule has 1 saturated heterocycles. The molecule has 1 aliphatic heterocycles. The average molecular weight is 425 g/mol. The van der Waals surface area contributed by atoms with E-state index in [1.165, 1.54) is 6.08 Å². The van der Waals surface area contributed by atoms with Crippen LogP contribution in [0.25, 0.3) is 6.08 Å². The number of hydrogen-bond donors (Lipinski definition) is 2. The molecule has 0 atom stereocenters. The number of nitrogens with one attached hydrogen (secondary N) is 2. The number of nitrogens with zero attached hydrogens (tertiary/aromatic N) is 1. The Morgan fingerprint density at radius 2 is 1.90 bits per heavy atom. The second-order valence-corrected chi connectivity index (χ2v) is 7.21. The lowest BCUT2D eigenvalue weighted by atomic mass is 9.96. The summed E-state index contributed by atoms with van der Waals surface area (Å²) in [6.45, 7) is 3.91. The molecule has 2 aromatic rings. The minimum absolute atomic E-state index is 0.0637. The Balaban J connectivity index is 1.40. The van der Waals surface area contributed by atoms with Crippen molar-refractivity contribution >= 4 is 29.5 Å². The molecule has 2 N–H and O–H groups in total. The van der Waals surface area contributed by atoms with Crippen LogP contribution in [0.4, 0.5) is 5.69 Å². The highest BCUT2D eigenvalue weighted by atomic mass is 16.5. The Hall–Kier alpha value is -3.55. The SMILES string of the molecule is CCOc1ccccc1NC(=O)C(=O)NCC1CCN(C(=O)/C=C/c2ccco2)CC1. The monoisotopic (exact) mass is 425 g/mol. The molecule has 1 fully saturated rings. The molecule has 3 rings (SSSR count). The molecule has 1 aromatic carbocycles. The Kier molecular flexibility index (Phi) is 7.86. The molecule has 1 aliphatic rings. The van der Waals surface area contributed by atoms with Crippen LogP contribution in [0.2, 0.25) is 0 Å². The summed E-state index contributed by atoms with van der Waals surface area (Å²) in [5.41, 5.74) is 0.457. The lowest BCUT2D eigenvalue weighted by molar-refractivity contribution is -0.136. The predicted molar refractivity (Wildman–Crippen MR) is 116 cm³/mol. The Bertz CT molecular complexity index is 915. The number of hydrogen-bond acceptors (Lipinski definition) is 5. The maximum atomic E-state index is 12.3. The van der Waals surface area contributed by atoms with Crippen LogP contribution >= 0.6 is 0 Å². The normalized spacial score (nSPS) is 14.4. The number of likely N-dealkylation sites (tertiary alicyclic amines) is 1. The van der Waals surface area contributed by atoms with E-state index in [1.54, 1.807) is 53.6 Å². The molecule has 0 saturated carbocycles. The number of piperidine rings is 1. The number of rotatable bonds is 7. The van der Waals surface area contributed by atoms with Crippen molar-refractivity contribution in [2.75, 3.05) is 31.6 Å². The standard InChI is InChI=1S/C23H27N3O5/c1-2-30-20-8-4-3-7-19(20)25-23(29)22(28)24-16-17-11-13-26(14-12-17)21(27)10-9-18-6-5-15-31-18/h3-10,15,17H,2,11-14,16H2,1H3,(H,24,28)(H,25,29)/b10-9+. The number of para-hydroxylation sites is 2. The molecule has 31 heavy (non-hydrogen) atoms. The highest BCUT2D eigenvalue weighted by Crippen LogP contribution is 2.23. The van der Waals surface area contributed by atoms with Crippen LogP contribution in [-0.2, 0) is 14.4 Å². The Labute approximate surface area is 181 Å². The average Bonchev–Trinajstić information content (AvgIpc) is 3.31. The van der Waals surface area contributed by atoms with Crippen molar-refractivity contribution in [3.63, 3.8) is 0 Å². The highest BCUT2D eigenvalue weighted by molar-refractivity contribution is 6.39. The second kappa shape index (κ2) is 11.0. The lowest BCUT2D eigenvalue weighted by Crippen LogP contribution is -2.43. The molecule has 0 unspecified atom stereocenters. The summed E-state index contributed by atoms with van der Waals surface area (Å²) in [6.07, 6.45) is 6.23. The molecular weight excluding hydrogens is 398 g/mol. The third kappa shape index (κ3) is 6.47. The topological polar surface area (TPSA) is 101 Å². The molecule has 2 heterocycles. The van der Waals surface area contributed by atoms with Crippen LogP contribution < -0.4 is 15.4 Å². The second-order valence-electron chi connectivity index (χ2n) is 7.21. The van der Waals surface area contributed by atoms with E-state index < -0.39 is 11.8 Å². The molecule has 8 nitrogen and oxygen atoms in total. The highest BCUT2D eigenvalue weighted by Gasteiger charge is 2.23. The van der Waals surface area contributed by atoms with Crippen LogP contribution in [0.3, 0.4) is 0 Å². The van der Waals surface area contributed by atoms with E-state index >= 15 is 0 Å². The van der Waals surface area contributed by atoms with Crippen LogP contribution in [0.15, 0.2) is 53.2 Å². The van der Waals surface area contributed by atoms with Gasteiger partial charge in [-0.15, -0.1) is 0 Å². The van der Waals surface area contributed by atoms with Gasteiger partial charge in [0.1, 0.15) is 11.5 Å². The first-order valence-corrected chi connectivity index (χ1v) is 10.4. The molecule has 8 heteroatoms. The van der Waals surface area contributed by atoms with Crippen LogP contribution in [0.1, 0.15) is 25.5 Å². The van der Waals surface area contributed by atoms with E-state index in [9.17, 15) is 14.4 Å². The third-order valence-electron chi connectivity index (χ3n) is 5.05. The summed E-state index contributed by atoms with van der Waals surface area (Å²) in [7, 11) is 0. The maximum absolute atomic E-state index is 12.3. The smallest absolute Gasteiger partial charge is 0.313 e. The van der Waals surface area contributed by atoms with Crippen molar-refractivity contribution in [2.45, 2.75) is 19.8 Å². The summed E-state index contributed by atoms with van der Waals surface area (Å²) in [5.74, 6) is -0.122. The molecule has 0 bridgehead atoms. The number of anilines is 1. The summed E-state index contributed by atoms with van der Waals surface area (Å²) in [5, 5.41) is 5.28. The minimum Gasteiger partial charge on any atom is -0.492 e. The van der Waals surface area contributed by atoms with Gasteiger partial charge in [0.2, 0.25) is 5.91 Å². The number of benzene rings is 1. The van der Waals surface area contributed by atoms with Gasteiger partial charge in [-0.05, 0) is 56.0 Å². The lowest BCUT2D eigenvalue weighted by Gasteiger charge is -2.31. The number of furan rings is 1. The third-order valence-corrected chi connectivity index (χ3v) is 5.05. The van der Waals surface area contributed by atoms with Crippen molar-refractivity contribution in [1.29, 1.82) is 0 Å². The quantitative estimate of drug-likeness (QED) is 0.525. The van der Waals surface area contributed by atoms with Gasteiger partial charge in [0.25, 0.3) is 0 Å². The van der Waals surface area contributed by atoms with Crippen LogP contribution in [0, 0.1) is 5.92 Å². The van der Waals surface area contributed by atoms with Gasteiger partial charge in [-0.25, -0.2) is 0 Å². The van der Waals surface area contributed by atoms with Crippen molar-refractivity contribution in [1.82, 2.24) is 10.2 Å². The van der Waals surface area contributed by atoms with E-state index in [0.29, 0.717) is 43.4 Å². The van der Waals surface area contributed by atoms with E-state index in [4.69, 9.17) is 9.15 Å². The summed E-state index contributed by atoms with van der Waals surface area (Å²) in [4.78, 5) is 38.4. The van der Waals surface area contributed by atoms with Crippen molar-refractivity contribution in [3.8, 4) is 5.75 Å². The minimum atomic E-state index is -0.733. The van der Waals surface area contributed by atoms with E-state index in [0.717, 1.165) is 12.8 Å². The number of carbonyl (C=O) groups excluding carboxylic acids is 3. The van der Waals surface area contributed by atoms with Gasteiger partial charge in [0.15, 0.2) is 0 Å². The largest absolute Gasteiger partial charge is 0.492 e. The molecule has 0 aliphatic carbocycles. The fraction of sp³-hybridized carbons (Fsp3) is 0.348. The van der Waals surface area contributed by atoms with Gasteiger partial charge >= 0.3 is 11.8 Å². The zero-order chi connectivity index (χ0) is 22.1. The molecule has 0 radical (unpaired) electrons. The first-order chi connectivity index (χ1) is 15.1. The van der Waals surface area contributed by atoms with Crippen molar-refractivity contribution < 1.29 is 23.5 Å². The number of carbonyl (C=O) groups is 3. The van der Waals surface area contributed by atoms with Gasteiger partial charge in [0.05, 0.1) is 18.6 Å². The van der Waals surface area contributed by atoms with Gasteiger partial charge in [-0.2, -0.15) is 0 Å². The summed E-state index contributed by atoms with van der Waals surface area (Å²) >= 11 is 0. The van der Waals surface area contributed by atoms with Crippen molar-refractivity contribution in [2.24, 2.45) is 5.92 Å². The summed E-state index contributed by atoms with van der Waals surface area (Å²) < 4.78 is 10.6. The van der Waals surface area contributed by atoms with Crippen LogP contribution in [-0.4, -0.2) is 48.9 Å².